The summed E-state index contributed by atoms with van der Waals surface area (Å²) in [5, 5.41) is 8.30. The molecule has 1 aliphatic heterocycles. The molecule has 1 aliphatic rings. The van der Waals surface area contributed by atoms with Gasteiger partial charge in [-0.15, -0.1) is 5.10 Å². The first-order valence-electron chi connectivity index (χ1n) is 6.58. The number of carbonyl (C=O) groups excluding carboxylic acids is 2. The van der Waals surface area contributed by atoms with E-state index in [0.29, 0.717) is 6.07 Å². The third-order valence-corrected chi connectivity index (χ3v) is 4.10. The van der Waals surface area contributed by atoms with Crippen molar-refractivity contribution in [1.82, 2.24) is 5.32 Å². The standard InChI is InChI=1S/C14H8ClF4N3O3S/c1-25-10(23)4-9-12(24)21-13(26-9)22-20-5-6-2-7(14(17,18)19)11(15)8(16)3-6/h2-5H,1H3,(H,21,22,24)/b9-4+,20-5?. The van der Waals surface area contributed by atoms with Crippen molar-refractivity contribution in [2.24, 2.45) is 10.2 Å². The maximum Gasteiger partial charge on any atom is 0.417 e. The van der Waals surface area contributed by atoms with Gasteiger partial charge in [0.05, 0.1) is 28.8 Å². The van der Waals surface area contributed by atoms with Crippen LogP contribution in [0.5, 0.6) is 0 Å². The molecule has 1 amide bonds. The lowest BCUT2D eigenvalue weighted by Gasteiger charge is -2.10. The molecule has 1 aromatic carbocycles. The number of thioether (sulfide) groups is 1. The smallest absolute Gasteiger partial charge is 0.417 e. The lowest BCUT2D eigenvalue weighted by Crippen LogP contribution is -2.19. The largest absolute Gasteiger partial charge is 0.466 e. The van der Waals surface area contributed by atoms with Gasteiger partial charge in [0, 0.05) is 6.08 Å². The van der Waals surface area contributed by atoms with E-state index in [2.05, 4.69) is 20.3 Å². The van der Waals surface area contributed by atoms with Gasteiger partial charge in [-0.3, -0.25) is 10.1 Å². The average Bonchev–Trinajstić information content (AvgIpc) is 2.89. The molecule has 1 saturated heterocycles. The lowest BCUT2D eigenvalue weighted by atomic mass is 10.1. The van der Waals surface area contributed by atoms with E-state index < -0.39 is 34.5 Å². The summed E-state index contributed by atoms with van der Waals surface area (Å²) in [6.07, 6.45) is -3.04. The Kier molecular flexibility index (Phi) is 6.03. The number of nitrogens with one attached hydrogen (secondary N) is 1. The van der Waals surface area contributed by atoms with Crippen molar-refractivity contribution in [2.75, 3.05) is 7.11 Å². The Morgan fingerprint density at radius 1 is 1.38 bits per heavy atom. The van der Waals surface area contributed by atoms with Crippen LogP contribution in [0, 0.1) is 5.82 Å². The van der Waals surface area contributed by atoms with E-state index in [1.54, 1.807) is 0 Å². The number of benzene rings is 1. The number of halogens is 5. The summed E-state index contributed by atoms with van der Waals surface area (Å²) < 4.78 is 56.2. The summed E-state index contributed by atoms with van der Waals surface area (Å²) in [6.45, 7) is 0. The van der Waals surface area contributed by atoms with Crippen LogP contribution < -0.4 is 5.32 Å². The van der Waals surface area contributed by atoms with E-state index in [1.165, 1.54) is 0 Å². The molecule has 0 aliphatic carbocycles. The van der Waals surface area contributed by atoms with Crippen LogP contribution >= 0.6 is 23.4 Å². The van der Waals surface area contributed by atoms with Crippen molar-refractivity contribution in [1.29, 1.82) is 0 Å². The fourth-order valence-electron chi connectivity index (χ4n) is 1.68. The average molecular weight is 410 g/mol. The molecule has 0 saturated carbocycles. The van der Waals surface area contributed by atoms with Crippen LogP contribution in [0.15, 0.2) is 33.3 Å². The number of ether oxygens (including phenoxy) is 1. The molecule has 0 bridgehead atoms. The molecular formula is C14H8ClF4N3O3S. The van der Waals surface area contributed by atoms with Gasteiger partial charge < -0.3 is 4.74 Å². The maximum absolute atomic E-state index is 13.5. The molecule has 1 heterocycles. The number of carbonyl (C=O) groups is 2. The molecule has 26 heavy (non-hydrogen) atoms. The molecule has 12 heteroatoms. The van der Waals surface area contributed by atoms with Gasteiger partial charge in [-0.25, -0.2) is 9.18 Å². The Balaban J connectivity index is 2.20. The van der Waals surface area contributed by atoms with Crippen molar-refractivity contribution >= 4 is 46.6 Å². The quantitative estimate of drug-likeness (QED) is 0.273. The second-order valence-electron chi connectivity index (χ2n) is 4.60. The van der Waals surface area contributed by atoms with Gasteiger partial charge in [-0.2, -0.15) is 18.3 Å². The Labute approximate surface area is 152 Å². The van der Waals surface area contributed by atoms with E-state index in [9.17, 15) is 27.2 Å². The number of nitrogens with zero attached hydrogens (tertiary/aromatic N) is 2. The number of amides is 1. The van der Waals surface area contributed by atoms with E-state index in [4.69, 9.17) is 11.6 Å². The third kappa shape index (κ3) is 4.82. The fraction of sp³-hybridized carbons (Fsp3) is 0.143. The second-order valence-corrected chi connectivity index (χ2v) is 6.01. The molecular weight excluding hydrogens is 402 g/mol. The summed E-state index contributed by atoms with van der Waals surface area (Å²) in [6, 6.07) is 1.36. The highest BCUT2D eigenvalue weighted by atomic mass is 35.5. The molecule has 0 radical (unpaired) electrons. The predicted octanol–water partition coefficient (Wildman–Crippen LogP) is 3.11. The SMILES string of the molecule is COC(=O)/C=C1/S/C(=N\N=Cc2cc(F)c(Cl)c(C(F)(F)F)c2)NC1=O. The van der Waals surface area contributed by atoms with Gasteiger partial charge in [0.15, 0.2) is 5.17 Å². The molecule has 1 aromatic rings. The summed E-state index contributed by atoms with van der Waals surface area (Å²) in [5.41, 5.74) is -1.58. The lowest BCUT2D eigenvalue weighted by molar-refractivity contribution is -0.137. The highest BCUT2D eigenvalue weighted by Gasteiger charge is 2.34. The van der Waals surface area contributed by atoms with Crippen LogP contribution in [0.3, 0.4) is 0 Å². The molecule has 138 valence electrons. The molecule has 1 fully saturated rings. The van der Waals surface area contributed by atoms with Crippen LogP contribution in [-0.4, -0.2) is 30.4 Å². The fourth-order valence-corrected chi connectivity index (χ4v) is 2.64. The maximum atomic E-state index is 13.5. The van der Waals surface area contributed by atoms with E-state index in [1.807, 2.05) is 0 Å². The number of amidine groups is 1. The Morgan fingerprint density at radius 2 is 2.08 bits per heavy atom. The zero-order chi connectivity index (χ0) is 19.5. The first-order chi connectivity index (χ1) is 12.1. The predicted molar refractivity (Wildman–Crippen MR) is 87.3 cm³/mol. The Bertz CT molecular complexity index is 853. The van der Waals surface area contributed by atoms with Crippen LogP contribution in [0.4, 0.5) is 17.6 Å². The third-order valence-electron chi connectivity index (χ3n) is 2.81. The number of methoxy groups -OCH3 is 1. The zero-order valence-electron chi connectivity index (χ0n) is 12.7. The minimum Gasteiger partial charge on any atom is -0.466 e. The second kappa shape index (κ2) is 7.87. The van der Waals surface area contributed by atoms with Gasteiger partial charge in [0.2, 0.25) is 0 Å². The van der Waals surface area contributed by atoms with Crippen molar-refractivity contribution in [3.63, 3.8) is 0 Å². The normalized spacial score (nSPS) is 18.0. The minimum atomic E-state index is -4.84. The summed E-state index contributed by atoms with van der Waals surface area (Å²) in [5.74, 6) is -2.63. The highest BCUT2D eigenvalue weighted by molar-refractivity contribution is 8.18. The zero-order valence-corrected chi connectivity index (χ0v) is 14.3. The van der Waals surface area contributed by atoms with E-state index in [0.717, 1.165) is 37.2 Å². The van der Waals surface area contributed by atoms with Gasteiger partial charge in [0.25, 0.3) is 5.91 Å². The van der Waals surface area contributed by atoms with Crippen LogP contribution in [0.2, 0.25) is 5.02 Å². The molecule has 0 unspecified atom stereocenters. The summed E-state index contributed by atoms with van der Waals surface area (Å²) >= 11 is 6.08. The monoisotopic (exact) mass is 409 g/mol. The molecule has 2 rings (SSSR count). The van der Waals surface area contributed by atoms with Crippen LogP contribution in [-0.2, 0) is 20.5 Å². The van der Waals surface area contributed by atoms with Gasteiger partial charge in [0.1, 0.15) is 5.82 Å². The Hall–Kier alpha value is -2.40. The first-order valence-corrected chi connectivity index (χ1v) is 7.77. The summed E-state index contributed by atoms with van der Waals surface area (Å²) in [4.78, 5) is 22.7. The number of rotatable bonds is 3. The molecule has 1 N–H and O–H groups in total. The first kappa shape index (κ1) is 19.9. The molecule has 0 atom stereocenters. The minimum absolute atomic E-state index is 0.00250. The number of hydrogen-bond acceptors (Lipinski definition) is 6. The van der Waals surface area contributed by atoms with E-state index >= 15 is 0 Å². The summed E-state index contributed by atoms with van der Waals surface area (Å²) in [7, 11) is 1.14. The number of esters is 1. The van der Waals surface area contributed by atoms with Crippen LogP contribution in [0.1, 0.15) is 11.1 Å². The van der Waals surface area contributed by atoms with Crippen molar-refractivity contribution < 1.29 is 31.9 Å². The molecule has 0 spiro atoms. The topological polar surface area (TPSA) is 80.1 Å². The van der Waals surface area contributed by atoms with Crippen molar-refractivity contribution in [3.05, 3.63) is 45.1 Å². The molecule has 0 aromatic heterocycles. The molecule has 6 nitrogen and oxygen atoms in total. The van der Waals surface area contributed by atoms with Crippen molar-refractivity contribution in [2.45, 2.75) is 6.18 Å². The van der Waals surface area contributed by atoms with Crippen LogP contribution in [0.25, 0.3) is 0 Å². The Morgan fingerprint density at radius 3 is 2.69 bits per heavy atom. The number of hydrogen-bond donors (Lipinski definition) is 1. The number of alkyl halides is 3. The van der Waals surface area contributed by atoms with Gasteiger partial charge >= 0.3 is 12.1 Å². The van der Waals surface area contributed by atoms with Crippen molar-refractivity contribution in [3.8, 4) is 0 Å². The van der Waals surface area contributed by atoms with Gasteiger partial charge in [-0.1, -0.05) is 11.6 Å². The van der Waals surface area contributed by atoms with E-state index in [-0.39, 0.29) is 15.6 Å². The highest BCUT2D eigenvalue weighted by Crippen LogP contribution is 2.36. The van der Waals surface area contributed by atoms with Gasteiger partial charge in [-0.05, 0) is 29.5 Å².